The zero-order chi connectivity index (χ0) is 19.6. The zero-order valence-electron chi connectivity index (χ0n) is 15.6. The Labute approximate surface area is 156 Å². The van der Waals surface area contributed by atoms with Crippen LogP contribution in [0.3, 0.4) is 0 Å². The fourth-order valence-corrected chi connectivity index (χ4v) is 2.91. The van der Waals surface area contributed by atoms with Crippen LogP contribution in [0.4, 0.5) is 5.95 Å². The summed E-state index contributed by atoms with van der Waals surface area (Å²) in [5, 5.41) is 7.17. The summed E-state index contributed by atoms with van der Waals surface area (Å²) < 4.78 is 3.52. The Morgan fingerprint density at radius 1 is 1.30 bits per heavy atom. The molecule has 0 aliphatic heterocycles. The summed E-state index contributed by atoms with van der Waals surface area (Å²) in [6.07, 6.45) is 3.88. The van der Waals surface area contributed by atoms with Gasteiger partial charge in [-0.05, 0) is 45.0 Å². The van der Waals surface area contributed by atoms with Crippen LogP contribution in [0.5, 0.6) is 0 Å². The van der Waals surface area contributed by atoms with Crippen LogP contribution in [0.25, 0.3) is 11.0 Å². The van der Waals surface area contributed by atoms with Gasteiger partial charge in [0.25, 0.3) is 5.91 Å². The number of hydrogen-bond acceptors (Lipinski definition) is 4. The second kappa shape index (κ2) is 7.45. The maximum Gasteiger partial charge on any atom is 0.276 e. The van der Waals surface area contributed by atoms with E-state index < -0.39 is 5.91 Å². The van der Waals surface area contributed by atoms with Crippen molar-refractivity contribution >= 4 is 28.8 Å². The molecule has 3 rings (SSSR count). The fraction of sp³-hybridized carbons (Fsp3) is 0.263. The molecule has 8 heteroatoms. The predicted octanol–water partition coefficient (Wildman–Crippen LogP) is 2.49. The second-order valence-electron chi connectivity index (χ2n) is 6.12. The summed E-state index contributed by atoms with van der Waals surface area (Å²) in [4.78, 5) is 28.7. The number of allylic oxidation sites excluding steroid dienone is 2. The number of fused-ring (bicyclic) bond motifs is 1. The van der Waals surface area contributed by atoms with E-state index >= 15 is 0 Å². The van der Waals surface area contributed by atoms with E-state index in [1.54, 1.807) is 28.9 Å². The van der Waals surface area contributed by atoms with Gasteiger partial charge < -0.3 is 10.3 Å². The Hall–Kier alpha value is -3.42. The molecule has 0 saturated carbocycles. The predicted molar refractivity (Wildman–Crippen MR) is 104 cm³/mol. The van der Waals surface area contributed by atoms with E-state index in [9.17, 15) is 9.59 Å². The highest BCUT2D eigenvalue weighted by Gasteiger charge is 2.18. The third-order valence-electron chi connectivity index (χ3n) is 4.22. The lowest BCUT2D eigenvalue weighted by molar-refractivity contribution is 0.0996. The van der Waals surface area contributed by atoms with Crippen molar-refractivity contribution in [1.82, 2.24) is 19.3 Å². The number of hydrogen-bond donors (Lipinski definition) is 2. The number of anilines is 1. The fourth-order valence-electron chi connectivity index (χ4n) is 2.91. The maximum absolute atomic E-state index is 12.8. The molecule has 140 valence electrons. The number of nitrogens with one attached hydrogen (secondary N) is 1. The molecule has 3 aromatic rings. The molecular weight excluding hydrogens is 344 g/mol. The number of amides is 2. The first kappa shape index (κ1) is 18.4. The molecule has 0 bridgehead atoms. The molecule has 0 aliphatic rings. The highest BCUT2D eigenvalue weighted by Crippen LogP contribution is 2.22. The van der Waals surface area contributed by atoms with Crippen molar-refractivity contribution in [2.75, 3.05) is 5.32 Å². The van der Waals surface area contributed by atoms with Gasteiger partial charge in [0.05, 0.1) is 16.7 Å². The number of rotatable bonds is 6. The van der Waals surface area contributed by atoms with Crippen LogP contribution < -0.4 is 11.1 Å². The van der Waals surface area contributed by atoms with Gasteiger partial charge in [-0.2, -0.15) is 5.10 Å². The molecule has 0 unspecified atom stereocenters. The van der Waals surface area contributed by atoms with Gasteiger partial charge in [-0.3, -0.25) is 19.6 Å². The van der Waals surface area contributed by atoms with E-state index in [2.05, 4.69) is 15.4 Å². The number of imidazole rings is 1. The molecule has 0 spiro atoms. The standard InChI is InChI=1S/C19H22N6O2/c1-4-6-9-24-15-8-7-13(17(20)26)11-14(15)21-19(24)22-18(27)16-10-12(3)23-25(16)5-2/h4,6-8,10-11H,5,9H2,1-3H3,(H2,20,26)(H,21,22,27)/b6-4+. The molecule has 2 heterocycles. The van der Waals surface area contributed by atoms with Crippen LogP contribution in [-0.4, -0.2) is 31.1 Å². The minimum absolute atomic E-state index is 0.287. The van der Waals surface area contributed by atoms with Gasteiger partial charge in [-0.1, -0.05) is 12.2 Å². The van der Waals surface area contributed by atoms with Crippen LogP contribution in [0.2, 0.25) is 0 Å². The molecule has 1 aromatic carbocycles. The lowest BCUT2D eigenvalue weighted by atomic mass is 10.2. The average Bonchev–Trinajstić information content (AvgIpc) is 3.19. The number of carbonyl (C=O) groups excluding carboxylic acids is 2. The van der Waals surface area contributed by atoms with Crippen LogP contribution in [0.15, 0.2) is 36.4 Å². The van der Waals surface area contributed by atoms with Crippen molar-refractivity contribution in [2.24, 2.45) is 5.73 Å². The van der Waals surface area contributed by atoms with Gasteiger partial charge in [-0.15, -0.1) is 0 Å². The molecule has 0 saturated heterocycles. The van der Waals surface area contributed by atoms with Gasteiger partial charge >= 0.3 is 0 Å². The number of aromatic nitrogens is 4. The van der Waals surface area contributed by atoms with Crippen molar-refractivity contribution in [3.8, 4) is 0 Å². The van der Waals surface area contributed by atoms with Crippen LogP contribution in [0, 0.1) is 6.92 Å². The van der Waals surface area contributed by atoms with Crippen molar-refractivity contribution in [3.63, 3.8) is 0 Å². The summed E-state index contributed by atoms with van der Waals surface area (Å²) in [6.45, 7) is 6.81. The van der Waals surface area contributed by atoms with E-state index in [1.165, 1.54) is 0 Å². The minimum Gasteiger partial charge on any atom is -0.366 e. The smallest absolute Gasteiger partial charge is 0.276 e. The van der Waals surface area contributed by atoms with Crippen molar-refractivity contribution in [1.29, 1.82) is 0 Å². The number of aryl methyl sites for hydroxylation is 2. The molecule has 3 N–H and O–H groups in total. The van der Waals surface area contributed by atoms with Gasteiger partial charge in [0.1, 0.15) is 5.69 Å². The lowest BCUT2D eigenvalue weighted by Crippen LogP contribution is -2.19. The Balaban J connectivity index is 2.03. The lowest BCUT2D eigenvalue weighted by Gasteiger charge is -2.09. The number of carbonyl (C=O) groups is 2. The van der Waals surface area contributed by atoms with E-state index in [0.29, 0.717) is 35.8 Å². The monoisotopic (exact) mass is 366 g/mol. The van der Waals surface area contributed by atoms with Crippen molar-refractivity contribution < 1.29 is 9.59 Å². The topological polar surface area (TPSA) is 108 Å². The molecule has 0 atom stereocenters. The normalized spacial score (nSPS) is 11.4. The van der Waals surface area contributed by atoms with Gasteiger partial charge in [-0.25, -0.2) is 4.98 Å². The van der Waals surface area contributed by atoms with E-state index in [-0.39, 0.29) is 5.91 Å². The Bertz CT molecular complexity index is 1040. The van der Waals surface area contributed by atoms with E-state index in [1.807, 2.05) is 37.5 Å². The summed E-state index contributed by atoms with van der Waals surface area (Å²) in [6, 6.07) is 6.80. The number of nitrogens with zero attached hydrogens (tertiary/aromatic N) is 4. The van der Waals surface area contributed by atoms with Crippen molar-refractivity contribution in [3.05, 3.63) is 53.4 Å². The van der Waals surface area contributed by atoms with Gasteiger partial charge in [0.15, 0.2) is 0 Å². The zero-order valence-corrected chi connectivity index (χ0v) is 15.6. The van der Waals surface area contributed by atoms with Crippen LogP contribution in [-0.2, 0) is 13.1 Å². The number of nitrogens with two attached hydrogens (primary N) is 1. The molecular formula is C19H22N6O2. The summed E-state index contributed by atoms with van der Waals surface area (Å²) in [5.74, 6) is -0.409. The van der Waals surface area contributed by atoms with E-state index in [4.69, 9.17) is 5.73 Å². The molecule has 0 fully saturated rings. The second-order valence-corrected chi connectivity index (χ2v) is 6.12. The third-order valence-corrected chi connectivity index (χ3v) is 4.22. The summed E-state index contributed by atoms with van der Waals surface area (Å²) in [7, 11) is 0. The maximum atomic E-state index is 12.8. The molecule has 8 nitrogen and oxygen atoms in total. The average molecular weight is 366 g/mol. The first-order valence-electron chi connectivity index (χ1n) is 8.71. The third kappa shape index (κ3) is 3.59. The molecule has 0 radical (unpaired) electrons. The van der Waals surface area contributed by atoms with Crippen LogP contribution >= 0.6 is 0 Å². The largest absolute Gasteiger partial charge is 0.366 e. The SMILES string of the molecule is C/C=C/Cn1c(NC(=O)c2cc(C)nn2CC)nc2cc(C(N)=O)ccc21. The molecule has 2 amide bonds. The van der Waals surface area contributed by atoms with Crippen molar-refractivity contribution in [2.45, 2.75) is 33.9 Å². The Morgan fingerprint density at radius 2 is 2.07 bits per heavy atom. The highest BCUT2D eigenvalue weighted by molar-refractivity contribution is 6.03. The van der Waals surface area contributed by atoms with E-state index in [0.717, 1.165) is 11.2 Å². The first-order valence-corrected chi connectivity index (χ1v) is 8.71. The summed E-state index contributed by atoms with van der Waals surface area (Å²) >= 11 is 0. The van der Waals surface area contributed by atoms with Gasteiger partial charge in [0, 0.05) is 18.7 Å². The number of primary amides is 1. The molecule has 27 heavy (non-hydrogen) atoms. The Morgan fingerprint density at radius 3 is 2.74 bits per heavy atom. The minimum atomic E-state index is -0.521. The number of benzene rings is 1. The quantitative estimate of drug-likeness (QED) is 0.653. The first-order chi connectivity index (χ1) is 12.9. The molecule has 2 aromatic heterocycles. The Kier molecular flexibility index (Phi) is 5.07. The summed E-state index contributed by atoms with van der Waals surface area (Å²) in [5.41, 5.74) is 8.36. The molecule has 0 aliphatic carbocycles. The van der Waals surface area contributed by atoms with Crippen LogP contribution in [0.1, 0.15) is 40.4 Å². The highest BCUT2D eigenvalue weighted by atomic mass is 16.2. The van der Waals surface area contributed by atoms with Gasteiger partial charge in [0.2, 0.25) is 11.9 Å².